The first kappa shape index (κ1) is 12.5. The number of benzene rings is 1. The van der Waals surface area contributed by atoms with Crippen molar-refractivity contribution >= 4 is 11.8 Å². The fraction of sp³-hybridized carbons (Fsp3) is 0.500. The van der Waals surface area contributed by atoms with Gasteiger partial charge in [-0.25, -0.2) is 4.39 Å². The summed E-state index contributed by atoms with van der Waals surface area (Å²) in [4.78, 5) is 1.02. The molecule has 0 amide bonds. The van der Waals surface area contributed by atoms with Gasteiger partial charge in [-0.2, -0.15) is 0 Å². The average molecular weight is 227 g/mol. The minimum absolute atomic E-state index is 0.00610. The lowest BCUT2D eigenvalue weighted by Crippen LogP contribution is -2.19. The van der Waals surface area contributed by atoms with Crippen molar-refractivity contribution in [1.29, 1.82) is 0 Å². The van der Waals surface area contributed by atoms with E-state index in [9.17, 15) is 4.39 Å². The molecule has 0 saturated heterocycles. The quantitative estimate of drug-likeness (QED) is 0.799. The number of nitrogens with two attached hydrogens (primary N) is 1. The van der Waals surface area contributed by atoms with E-state index in [0.717, 1.165) is 10.5 Å². The summed E-state index contributed by atoms with van der Waals surface area (Å²) < 4.78 is 13.6. The van der Waals surface area contributed by atoms with Crippen LogP contribution in [-0.2, 0) is 6.42 Å². The molecule has 1 unspecified atom stereocenters. The zero-order chi connectivity index (χ0) is 11.4. The van der Waals surface area contributed by atoms with Gasteiger partial charge in [-0.05, 0) is 25.5 Å². The smallest absolute Gasteiger partial charge is 0.127 e. The minimum Gasteiger partial charge on any atom is -0.328 e. The Hall–Kier alpha value is -0.540. The molecule has 0 aromatic heterocycles. The first-order chi connectivity index (χ1) is 7.00. The highest BCUT2D eigenvalue weighted by molar-refractivity contribution is 8.00. The maximum absolute atomic E-state index is 13.6. The molecule has 0 bridgehead atoms. The Labute approximate surface area is 95.2 Å². The van der Waals surface area contributed by atoms with Gasteiger partial charge in [0.2, 0.25) is 0 Å². The van der Waals surface area contributed by atoms with Gasteiger partial charge in [0, 0.05) is 21.8 Å². The number of thioether (sulfide) groups is 1. The van der Waals surface area contributed by atoms with Crippen molar-refractivity contribution in [3.05, 3.63) is 29.6 Å². The lowest BCUT2D eigenvalue weighted by atomic mass is 10.1. The van der Waals surface area contributed by atoms with Gasteiger partial charge in [0.05, 0.1) is 0 Å². The summed E-state index contributed by atoms with van der Waals surface area (Å²) in [6.07, 6.45) is 0.599. The van der Waals surface area contributed by atoms with E-state index in [1.54, 1.807) is 17.8 Å². The molecule has 0 heterocycles. The van der Waals surface area contributed by atoms with Crippen molar-refractivity contribution in [3.8, 4) is 0 Å². The second-order valence-electron chi connectivity index (χ2n) is 4.06. The number of hydrogen-bond acceptors (Lipinski definition) is 2. The molecule has 15 heavy (non-hydrogen) atoms. The highest BCUT2D eigenvalue weighted by Crippen LogP contribution is 2.28. The molecular formula is C12H18FNS. The molecule has 0 saturated carbocycles. The third-order valence-corrected chi connectivity index (χ3v) is 3.07. The van der Waals surface area contributed by atoms with Crippen molar-refractivity contribution in [2.24, 2.45) is 5.73 Å². The van der Waals surface area contributed by atoms with Crippen LogP contribution in [0.15, 0.2) is 23.1 Å². The monoisotopic (exact) mass is 227 g/mol. The van der Waals surface area contributed by atoms with Crippen molar-refractivity contribution in [3.63, 3.8) is 0 Å². The minimum atomic E-state index is -0.141. The molecule has 0 radical (unpaired) electrons. The Kier molecular flexibility index (Phi) is 4.61. The van der Waals surface area contributed by atoms with E-state index in [-0.39, 0.29) is 11.9 Å². The standard InChI is InChI=1S/C12H18FNS/c1-8(2)15-12-6-4-5-11(13)10(12)7-9(3)14/h4-6,8-9H,7,14H2,1-3H3. The van der Waals surface area contributed by atoms with E-state index >= 15 is 0 Å². The highest BCUT2D eigenvalue weighted by atomic mass is 32.2. The summed E-state index contributed by atoms with van der Waals surface area (Å²) in [6, 6.07) is 5.21. The molecule has 1 rings (SSSR count). The van der Waals surface area contributed by atoms with E-state index in [1.165, 1.54) is 6.07 Å². The number of rotatable bonds is 4. The Bertz CT molecular complexity index is 323. The summed E-state index contributed by atoms with van der Waals surface area (Å²) in [5, 5.41) is 0.457. The van der Waals surface area contributed by atoms with Crippen molar-refractivity contribution in [1.82, 2.24) is 0 Å². The lowest BCUT2D eigenvalue weighted by Gasteiger charge is -2.13. The number of hydrogen-bond donors (Lipinski definition) is 1. The molecule has 84 valence electrons. The lowest BCUT2D eigenvalue weighted by molar-refractivity contribution is 0.588. The van der Waals surface area contributed by atoms with Gasteiger partial charge in [0.25, 0.3) is 0 Å². The summed E-state index contributed by atoms with van der Waals surface area (Å²) in [5.74, 6) is -0.141. The second-order valence-corrected chi connectivity index (χ2v) is 5.68. The molecule has 3 heteroatoms. The van der Waals surface area contributed by atoms with Crippen LogP contribution < -0.4 is 5.73 Å². The molecule has 1 aromatic rings. The predicted molar refractivity (Wildman–Crippen MR) is 64.7 cm³/mol. The van der Waals surface area contributed by atoms with Crippen LogP contribution in [0.3, 0.4) is 0 Å². The van der Waals surface area contributed by atoms with E-state index in [2.05, 4.69) is 13.8 Å². The van der Waals surface area contributed by atoms with Gasteiger partial charge in [-0.3, -0.25) is 0 Å². The van der Waals surface area contributed by atoms with Crippen molar-refractivity contribution in [2.75, 3.05) is 0 Å². The van der Waals surface area contributed by atoms with E-state index in [1.807, 2.05) is 13.0 Å². The molecular weight excluding hydrogens is 209 g/mol. The van der Waals surface area contributed by atoms with E-state index < -0.39 is 0 Å². The third-order valence-electron chi connectivity index (χ3n) is 1.96. The molecule has 0 fully saturated rings. The summed E-state index contributed by atoms with van der Waals surface area (Å²) in [7, 11) is 0. The molecule has 1 nitrogen and oxygen atoms in total. The zero-order valence-corrected chi connectivity index (χ0v) is 10.3. The van der Waals surface area contributed by atoms with Crippen molar-refractivity contribution < 1.29 is 4.39 Å². The topological polar surface area (TPSA) is 26.0 Å². The molecule has 1 aromatic carbocycles. The van der Waals surface area contributed by atoms with Crippen LogP contribution in [0.1, 0.15) is 26.3 Å². The first-order valence-electron chi connectivity index (χ1n) is 5.20. The molecule has 0 aliphatic rings. The fourth-order valence-electron chi connectivity index (χ4n) is 1.42. The fourth-order valence-corrected chi connectivity index (χ4v) is 2.41. The average Bonchev–Trinajstić information content (AvgIpc) is 2.09. The Morgan fingerprint density at radius 1 is 1.33 bits per heavy atom. The van der Waals surface area contributed by atoms with Gasteiger partial charge in [-0.1, -0.05) is 19.9 Å². The molecule has 0 aliphatic heterocycles. The van der Waals surface area contributed by atoms with Gasteiger partial charge < -0.3 is 5.73 Å². The van der Waals surface area contributed by atoms with E-state index in [4.69, 9.17) is 5.73 Å². The van der Waals surface area contributed by atoms with Crippen LogP contribution in [0.5, 0.6) is 0 Å². The first-order valence-corrected chi connectivity index (χ1v) is 6.08. The van der Waals surface area contributed by atoms with Crippen LogP contribution >= 0.6 is 11.8 Å². The molecule has 0 spiro atoms. The highest BCUT2D eigenvalue weighted by Gasteiger charge is 2.11. The van der Waals surface area contributed by atoms with Crippen LogP contribution in [0, 0.1) is 5.82 Å². The maximum atomic E-state index is 13.6. The maximum Gasteiger partial charge on any atom is 0.127 e. The SMILES string of the molecule is CC(N)Cc1c(F)cccc1SC(C)C. The normalized spacial score (nSPS) is 13.2. The van der Waals surface area contributed by atoms with Gasteiger partial charge in [0.1, 0.15) is 5.82 Å². The van der Waals surface area contributed by atoms with Crippen LogP contribution in [-0.4, -0.2) is 11.3 Å². The second kappa shape index (κ2) is 5.52. The van der Waals surface area contributed by atoms with Crippen LogP contribution in [0.2, 0.25) is 0 Å². The zero-order valence-electron chi connectivity index (χ0n) is 9.46. The van der Waals surface area contributed by atoms with Crippen LogP contribution in [0.25, 0.3) is 0 Å². The summed E-state index contributed by atoms with van der Waals surface area (Å²) in [5.41, 5.74) is 6.47. The van der Waals surface area contributed by atoms with Crippen molar-refractivity contribution in [2.45, 2.75) is 43.4 Å². The molecule has 2 N–H and O–H groups in total. The molecule has 1 atom stereocenters. The Balaban J connectivity index is 2.97. The largest absolute Gasteiger partial charge is 0.328 e. The van der Waals surface area contributed by atoms with Crippen LogP contribution in [0.4, 0.5) is 4.39 Å². The Morgan fingerprint density at radius 2 is 2.00 bits per heavy atom. The van der Waals surface area contributed by atoms with Gasteiger partial charge >= 0.3 is 0 Å². The molecule has 0 aliphatic carbocycles. The third kappa shape index (κ3) is 3.84. The summed E-state index contributed by atoms with van der Waals surface area (Å²) >= 11 is 1.69. The Morgan fingerprint density at radius 3 is 2.53 bits per heavy atom. The van der Waals surface area contributed by atoms with E-state index in [0.29, 0.717) is 11.7 Å². The predicted octanol–water partition coefficient (Wildman–Crippen LogP) is 3.22. The van der Waals surface area contributed by atoms with Gasteiger partial charge in [-0.15, -0.1) is 11.8 Å². The summed E-state index contributed by atoms with van der Waals surface area (Å²) in [6.45, 7) is 6.10. The van der Waals surface area contributed by atoms with Gasteiger partial charge in [0.15, 0.2) is 0 Å². The number of halogens is 1.